The Morgan fingerprint density at radius 1 is 1.25 bits per heavy atom. The van der Waals surface area contributed by atoms with E-state index in [0.717, 1.165) is 6.26 Å². The van der Waals surface area contributed by atoms with Crippen LogP contribution in [0.4, 0.5) is 0 Å². The van der Waals surface area contributed by atoms with Crippen LogP contribution in [0.1, 0.15) is 24.2 Å². The number of hydrogen-bond acceptors (Lipinski definition) is 5. The highest BCUT2D eigenvalue weighted by Crippen LogP contribution is 2.11. The molecule has 110 valence electrons. The van der Waals surface area contributed by atoms with E-state index in [1.165, 1.54) is 31.2 Å². The Kier molecular flexibility index (Phi) is 5.26. The lowest BCUT2D eigenvalue weighted by molar-refractivity contribution is -0.128. The number of amides is 1. The molecule has 20 heavy (non-hydrogen) atoms. The van der Waals surface area contributed by atoms with Crippen LogP contribution in [0.25, 0.3) is 0 Å². The highest BCUT2D eigenvalue weighted by Gasteiger charge is 2.18. The van der Waals surface area contributed by atoms with E-state index in [0.29, 0.717) is 6.54 Å². The first-order valence-electron chi connectivity index (χ1n) is 6.04. The van der Waals surface area contributed by atoms with Crippen LogP contribution in [0.15, 0.2) is 29.2 Å². The van der Waals surface area contributed by atoms with Crippen LogP contribution >= 0.6 is 0 Å². The minimum absolute atomic E-state index is 0.117. The molecule has 1 aromatic rings. The molecule has 1 rings (SSSR count). The molecule has 0 saturated heterocycles. The summed E-state index contributed by atoms with van der Waals surface area (Å²) < 4.78 is 27.5. The second-order valence-electron chi connectivity index (χ2n) is 4.24. The summed E-state index contributed by atoms with van der Waals surface area (Å²) in [5.41, 5.74) is 0.188. The molecule has 0 aliphatic heterocycles. The lowest BCUT2D eigenvalue weighted by atomic mass is 10.2. The summed E-state index contributed by atoms with van der Waals surface area (Å²) >= 11 is 0. The molecule has 0 aliphatic rings. The van der Waals surface area contributed by atoms with Crippen molar-refractivity contribution >= 4 is 21.7 Å². The van der Waals surface area contributed by atoms with Crippen LogP contribution in [-0.4, -0.2) is 39.2 Å². The largest absolute Gasteiger partial charge is 0.449 e. The number of likely N-dealkylation sites (N-methyl/N-ethyl adjacent to an activating group) is 1. The van der Waals surface area contributed by atoms with Crippen LogP contribution in [0.3, 0.4) is 0 Å². The summed E-state index contributed by atoms with van der Waals surface area (Å²) in [4.78, 5) is 23.3. The third-order valence-corrected chi connectivity index (χ3v) is 3.65. The monoisotopic (exact) mass is 299 g/mol. The van der Waals surface area contributed by atoms with Crippen LogP contribution < -0.4 is 5.32 Å². The fraction of sp³-hybridized carbons (Fsp3) is 0.385. The summed E-state index contributed by atoms with van der Waals surface area (Å²) in [5, 5.41) is 2.54. The van der Waals surface area contributed by atoms with E-state index >= 15 is 0 Å². The van der Waals surface area contributed by atoms with Gasteiger partial charge in [0.25, 0.3) is 5.91 Å². The zero-order valence-corrected chi connectivity index (χ0v) is 12.4. The number of nitrogens with one attached hydrogen (secondary N) is 1. The molecule has 0 saturated carbocycles. The molecule has 0 spiro atoms. The maximum absolute atomic E-state index is 11.8. The van der Waals surface area contributed by atoms with E-state index in [4.69, 9.17) is 4.74 Å². The molecule has 0 heterocycles. The minimum Gasteiger partial charge on any atom is -0.449 e. The van der Waals surface area contributed by atoms with Crippen molar-refractivity contribution in [3.8, 4) is 0 Å². The number of rotatable bonds is 5. The fourth-order valence-corrected chi connectivity index (χ4v) is 2.07. The van der Waals surface area contributed by atoms with Gasteiger partial charge in [0.15, 0.2) is 15.9 Å². The molecule has 0 bridgehead atoms. The number of benzene rings is 1. The van der Waals surface area contributed by atoms with Gasteiger partial charge < -0.3 is 10.1 Å². The van der Waals surface area contributed by atoms with E-state index < -0.39 is 21.9 Å². The number of hydrogen-bond donors (Lipinski definition) is 1. The van der Waals surface area contributed by atoms with E-state index in [-0.39, 0.29) is 16.4 Å². The van der Waals surface area contributed by atoms with E-state index in [1.807, 2.05) is 0 Å². The van der Waals surface area contributed by atoms with Gasteiger partial charge in [0.1, 0.15) is 0 Å². The molecule has 1 aromatic carbocycles. The van der Waals surface area contributed by atoms with Gasteiger partial charge in [0, 0.05) is 12.8 Å². The Morgan fingerprint density at radius 2 is 1.80 bits per heavy atom. The van der Waals surface area contributed by atoms with Crippen LogP contribution in [0.5, 0.6) is 0 Å². The SMILES string of the molecule is CCNC(=O)[C@H](C)OC(=O)c1ccc(S(C)(=O)=O)cc1. The molecule has 0 fully saturated rings. The second kappa shape index (κ2) is 6.51. The molecule has 1 atom stereocenters. The first kappa shape index (κ1) is 16.2. The Morgan fingerprint density at radius 3 is 2.25 bits per heavy atom. The summed E-state index contributed by atoms with van der Waals surface area (Å²) in [6, 6.07) is 5.34. The summed E-state index contributed by atoms with van der Waals surface area (Å²) in [6.45, 7) is 3.67. The molecule has 1 N–H and O–H groups in total. The predicted molar refractivity (Wildman–Crippen MR) is 73.1 cm³/mol. The zero-order valence-electron chi connectivity index (χ0n) is 11.5. The quantitative estimate of drug-likeness (QED) is 0.811. The Balaban J connectivity index is 2.76. The molecular weight excluding hydrogens is 282 g/mol. The van der Waals surface area contributed by atoms with Crippen molar-refractivity contribution in [2.24, 2.45) is 0 Å². The van der Waals surface area contributed by atoms with Crippen molar-refractivity contribution in [1.29, 1.82) is 0 Å². The average molecular weight is 299 g/mol. The maximum atomic E-state index is 11.8. The Bertz CT molecular complexity index is 592. The minimum atomic E-state index is -3.31. The van der Waals surface area contributed by atoms with E-state index in [2.05, 4.69) is 5.32 Å². The molecule has 6 nitrogen and oxygen atoms in total. The van der Waals surface area contributed by atoms with Crippen molar-refractivity contribution in [1.82, 2.24) is 5.32 Å². The molecule has 0 aliphatic carbocycles. The summed E-state index contributed by atoms with van der Waals surface area (Å²) in [7, 11) is -3.31. The highest BCUT2D eigenvalue weighted by atomic mass is 32.2. The molecule has 7 heteroatoms. The third-order valence-electron chi connectivity index (χ3n) is 2.52. The van der Waals surface area contributed by atoms with Crippen molar-refractivity contribution in [3.05, 3.63) is 29.8 Å². The van der Waals surface area contributed by atoms with Gasteiger partial charge >= 0.3 is 5.97 Å². The number of esters is 1. The number of ether oxygens (including phenoxy) is 1. The van der Waals surface area contributed by atoms with Gasteiger partial charge in [-0.25, -0.2) is 13.2 Å². The topological polar surface area (TPSA) is 89.5 Å². The Labute approximate surface area is 118 Å². The van der Waals surface area contributed by atoms with Crippen LogP contribution in [-0.2, 0) is 19.4 Å². The highest BCUT2D eigenvalue weighted by molar-refractivity contribution is 7.90. The van der Waals surface area contributed by atoms with Gasteiger partial charge in [0.05, 0.1) is 10.5 Å². The van der Waals surface area contributed by atoms with Gasteiger partial charge in [-0.1, -0.05) is 0 Å². The van der Waals surface area contributed by atoms with Gasteiger partial charge in [-0.15, -0.1) is 0 Å². The van der Waals surface area contributed by atoms with E-state index in [9.17, 15) is 18.0 Å². The second-order valence-corrected chi connectivity index (χ2v) is 6.25. The number of sulfone groups is 1. The van der Waals surface area contributed by atoms with Crippen molar-refractivity contribution < 1.29 is 22.7 Å². The third kappa shape index (κ3) is 4.34. The Hall–Kier alpha value is -1.89. The van der Waals surface area contributed by atoms with Crippen molar-refractivity contribution in [2.75, 3.05) is 12.8 Å². The predicted octanol–water partition coefficient (Wildman–Crippen LogP) is 0.772. The zero-order chi connectivity index (χ0) is 15.3. The van der Waals surface area contributed by atoms with Crippen molar-refractivity contribution in [3.63, 3.8) is 0 Å². The van der Waals surface area contributed by atoms with Gasteiger partial charge in [-0.05, 0) is 38.1 Å². The van der Waals surface area contributed by atoms with Crippen molar-refractivity contribution in [2.45, 2.75) is 24.8 Å². The molecule has 0 aromatic heterocycles. The summed E-state index contributed by atoms with van der Waals surface area (Å²) in [5.74, 6) is -1.06. The smallest absolute Gasteiger partial charge is 0.338 e. The number of carbonyl (C=O) groups excluding carboxylic acids is 2. The molecular formula is C13H17NO5S. The van der Waals surface area contributed by atoms with E-state index in [1.54, 1.807) is 6.92 Å². The standard InChI is InChI=1S/C13H17NO5S/c1-4-14-12(15)9(2)19-13(16)10-5-7-11(8-6-10)20(3,17)18/h5-9H,4H2,1-3H3,(H,14,15)/t9-/m0/s1. The van der Waals surface area contributed by atoms with Gasteiger partial charge in [-0.2, -0.15) is 0 Å². The normalized spacial score (nSPS) is 12.6. The average Bonchev–Trinajstić information content (AvgIpc) is 2.38. The first-order valence-corrected chi connectivity index (χ1v) is 7.93. The lowest BCUT2D eigenvalue weighted by Gasteiger charge is -2.12. The summed E-state index contributed by atoms with van der Waals surface area (Å²) in [6.07, 6.45) is 0.175. The van der Waals surface area contributed by atoms with Crippen LogP contribution in [0.2, 0.25) is 0 Å². The fourth-order valence-electron chi connectivity index (χ4n) is 1.44. The van der Waals surface area contributed by atoms with Gasteiger partial charge in [0.2, 0.25) is 0 Å². The number of carbonyl (C=O) groups is 2. The molecule has 1 amide bonds. The lowest BCUT2D eigenvalue weighted by Crippen LogP contribution is -2.35. The van der Waals surface area contributed by atoms with Gasteiger partial charge in [-0.3, -0.25) is 4.79 Å². The first-order chi connectivity index (χ1) is 9.25. The molecule has 0 radical (unpaired) electrons. The maximum Gasteiger partial charge on any atom is 0.338 e. The molecule has 0 unspecified atom stereocenters. The van der Waals surface area contributed by atoms with Crippen LogP contribution in [0, 0.1) is 0 Å².